The van der Waals surface area contributed by atoms with Crippen LogP contribution in [0, 0.1) is 24.6 Å². The van der Waals surface area contributed by atoms with Gasteiger partial charge in [-0.25, -0.2) is 9.37 Å². The smallest absolute Gasteiger partial charge is 0.321 e. The van der Waals surface area contributed by atoms with Gasteiger partial charge in [-0.15, -0.1) is 0 Å². The molecule has 0 aliphatic heterocycles. The molecule has 0 spiro atoms. The lowest BCUT2D eigenvalue weighted by Crippen LogP contribution is -3.00. The van der Waals surface area contributed by atoms with Gasteiger partial charge in [-0.1, -0.05) is 18.1 Å². The van der Waals surface area contributed by atoms with Gasteiger partial charge in [0.2, 0.25) is 0 Å². The van der Waals surface area contributed by atoms with Crippen LogP contribution in [-0.2, 0) is 0 Å². The van der Waals surface area contributed by atoms with Crippen LogP contribution in [0.3, 0.4) is 0 Å². The number of pyridine rings is 3. The summed E-state index contributed by atoms with van der Waals surface area (Å²) in [6.45, 7) is 5.03. The summed E-state index contributed by atoms with van der Waals surface area (Å²) in [7, 11) is 0. The summed E-state index contributed by atoms with van der Waals surface area (Å²) >= 11 is 0. The molecule has 4 aromatic heterocycles. The summed E-state index contributed by atoms with van der Waals surface area (Å²) in [6, 6.07) is 10.2. The number of rotatable bonds is 2. The molecule has 0 aliphatic carbocycles. The molecule has 9 heteroatoms. The van der Waals surface area contributed by atoms with Crippen LogP contribution in [0.1, 0.15) is 25.1 Å². The molecule has 4 heterocycles. The molecule has 0 amide bonds. The number of halogens is 2. The molecule has 7 nitrogen and oxygen atoms in total. The fourth-order valence-corrected chi connectivity index (χ4v) is 3.91. The summed E-state index contributed by atoms with van der Waals surface area (Å²) < 4.78 is 16.2. The number of fused-ring (bicyclic) bond motifs is 2. The number of hydrogen-bond acceptors (Lipinski definition) is 4. The zero-order valence-electron chi connectivity index (χ0n) is 19.1. The van der Waals surface area contributed by atoms with Crippen LogP contribution in [0.4, 0.5) is 4.39 Å². The summed E-state index contributed by atoms with van der Waals surface area (Å²) in [5, 5.41) is 17.3. The van der Waals surface area contributed by atoms with Crippen molar-refractivity contribution in [3.8, 4) is 28.7 Å². The van der Waals surface area contributed by atoms with Gasteiger partial charge in [0, 0.05) is 23.1 Å². The first kappa shape index (κ1) is 24.1. The van der Waals surface area contributed by atoms with Crippen molar-refractivity contribution < 1.29 is 26.5 Å². The van der Waals surface area contributed by atoms with Gasteiger partial charge >= 0.3 is 5.56 Å². The van der Waals surface area contributed by atoms with Gasteiger partial charge in [-0.3, -0.25) is 9.89 Å². The van der Waals surface area contributed by atoms with Crippen molar-refractivity contribution >= 4 is 21.9 Å². The molecule has 0 aliphatic rings. The van der Waals surface area contributed by atoms with Crippen molar-refractivity contribution in [1.29, 1.82) is 0 Å². The second-order valence-corrected chi connectivity index (χ2v) is 8.57. The first-order valence-electron chi connectivity index (χ1n) is 10.6. The van der Waals surface area contributed by atoms with E-state index in [-0.39, 0.29) is 23.5 Å². The summed E-state index contributed by atoms with van der Waals surface area (Å²) in [5.74, 6) is 5.30. The molecule has 0 saturated heterocycles. The number of aliphatic hydroxyl groups is 1. The minimum absolute atomic E-state index is 0. The van der Waals surface area contributed by atoms with Gasteiger partial charge in [-0.2, -0.15) is 9.67 Å². The van der Waals surface area contributed by atoms with E-state index < -0.39 is 11.4 Å². The Hall–Kier alpha value is -4.06. The highest BCUT2D eigenvalue weighted by Crippen LogP contribution is 2.35. The maximum atomic E-state index is 14.5. The Balaban J connectivity index is 0.00000289. The lowest BCUT2D eigenvalue weighted by atomic mass is 9.98. The van der Waals surface area contributed by atoms with E-state index >= 15 is 0 Å². The van der Waals surface area contributed by atoms with E-state index in [4.69, 9.17) is 4.98 Å². The van der Waals surface area contributed by atoms with E-state index in [0.29, 0.717) is 38.9 Å². The molecule has 5 rings (SSSR count). The first-order valence-corrected chi connectivity index (χ1v) is 10.6. The van der Waals surface area contributed by atoms with Crippen LogP contribution in [0.25, 0.3) is 38.8 Å². The molecule has 0 saturated carbocycles. The van der Waals surface area contributed by atoms with E-state index in [1.165, 1.54) is 12.3 Å². The number of aryl methyl sites for hydroxylation is 1. The minimum atomic E-state index is -1.19. The topological polar surface area (TPSA) is 98.5 Å². The number of benzene rings is 1. The maximum Gasteiger partial charge on any atom is 0.321 e. The van der Waals surface area contributed by atoms with Gasteiger partial charge in [0.1, 0.15) is 28.1 Å². The monoisotopic (exact) mass is 489 g/mol. The average Bonchev–Trinajstić information content (AvgIpc) is 3.28. The second kappa shape index (κ2) is 8.95. The van der Waals surface area contributed by atoms with E-state index in [1.807, 2.05) is 25.1 Å². The molecule has 0 radical (unpaired) electrons. The molecule has 3 N–H and O–H groups in total. The molecular formula is C26H21ClFN5O2. The van der Waals surface area contributed by atoms with Crippen LogP contribution in [0.15, 0.2) is 59.8 Å². The zero-order chi connectivity index (χ0) is 24.0. The maximum absolute atomic E-state index is 14.5. The molecule has 35 heavy (non-hydrogen) atoms. The zero-order valence-corrected chi connectivity index (χ0v) is 19.9. The Labute approximate surface area is 206 Å². The minimum Gasteiger partial charge on any atom is -1.00 e. The first-order chi connectivity index (χ1) is 16.2. The van der Waals surface area contributed by atoms with Crippen molar-refractivity contribution in [3.63, 3.8) is 0 Å². The highest BCUT2D eigenvalue weighted by Gasteiger charge is 2.26. The molecule has 1 aromatic carbocycles. The van der Waals surface area contributed by atoms with Crippen LogP contribution >= 0.6 is 0 Å². The third-order valence-electron chi connectivity index (χ3n) is 5.44. The Kier molecular flexibility index (Phi) is 6.15. The standard InChI is InChI=1S/C26H20FN5O2.ClH/c1-15-13-20-23(29-19(15)9-10-26(2,3)34)21(16-7-8-18(27)22-17(16)14-28-31-22)24(25(33)30-20)32-11-5-4-6-12-32;/h4-8,11-14,34H,1-3H3,(H-,28,30,31,33);1H. The Morgan fingerprint density at radius 3 is 2.63 bits per heavy atom. The van der Waals surface area contributed by atoms with Crippen LogP contribution in [0.5, 0.6) is 0 Å². The number of H-pyrrole nitrogens is 2. The Bertz CT molecular complexity index is 1690. The van der Waals surface area contributed by atoms with E-state index in [1.54, 1.807) is 42.9 Å². The van der Waals surface area contributed by atoms with Crippen molar-refractivity contribution in [2.24, 2.45) is 0 Å². The number of nitrogens with one attached hydrogen (secondary N) is 2. The molecule has 0 fully saturated rings. The molecule has 0 bridgehead atoms. The fraction of sp³-hybridized carbons (Fsp3) is 0.154. The normalized spacial score (nSPS) is 11.2. The quantitative estimate of drug-likeness (QED) is 0.246. The van der Waals surface area contributed by atoms with Crippen LogP contribution in [-0.4, -0.2) is 30.9 Å². The van der Waals surface area contributed by atoms with E-state index in [9.17, 15) is 14.3 Å². The summed E-state index contributed by atoms with van der Waals surface area (Å²) in [5.41, 5.74) is 2.41. The summed E-state index contributed by atoms with van der Waals surface area (Å²) in [6.07, 6.45) is 5.06. The molecule has 5 aromatic rings. The molecule has 0 unspecified atom stereocenters. The third-order valence-corrected chi connectivity index (χ3v) is 5.44. The molecule has 0 atom stereocenters. The number of aromatic nitrogens is 5. The van der Waals surface area contributed by atoms with Crippen molar-refractivity contribution in [3.05, 3.63) is 82.4 Å². The van der Waals surface area contributed by atoms with Crippen molar-refractivity contribution in [2.45, 2.75) is 26.4 Å². The average molecular weight is 490 g/mol. The highest BCUT2D eigenvalue weighted by molar-refractivity contribution is 6.04. The van der Waals surface area contributed by atoms with Gasteiger partial charge in [-0.05, 0) is 44.4 Å². The Morgan fingerprint density at radius 1 is 1.17 bits per heavy atom. The Morgan fingerprint density at radius 2 is 1.91 bits per heavy atom. The van der Waals surface area contributed by atoms with Crippen LogP contribution in [0.2, 0.25) is 0 Å². The second-order valence-electron chi connectivity index (χ2n) is 8.57. The van der Waals surface area contributed by atoms with Gasteiger partial charge < -0.3 is 22.5 Å². The third kappa shape index (κ3) is 4.39. The predicted molar refractivity (Wildman–Crippen MR) is 127 cm³/mol. The highest BCUT2D eigenvalue weighted by atomic mass is 35.5. The predicted octanol–water partition coefficient (Wildman–Crippen LogP) is 0.317. The van der Waals surface area contributed by atoms with Gasteiger partial charge in [0.25, 0.3) is 5.69 Å². The van der Waals surface area contributed by atoms with Gasteiger partial charge in [0.15, 0.2) is 12.4 Å². The van der Waals surface area contributed by atoms with Crippen LogP contribution < -0.4 is 22.5 Å². The molecule has 176 valence electrons. The fourth-order valence-electron chi connectivity index (χ4n) is 3.91. The molecular weight excluding hydrogens is 469 g/mol. The van der Waals surface area contributed by atoms with E-state index in [0.717, 1.165) is 5.56 Å². The lowest BCUT2D eigenvalue weighted by molar-refractivity contribution is -0.596. The number of hydrogen-bond donors (Lipinski definition) is 3. The summed E-state index contributed by atoms with van der Waals surface area (Å²) in [4.78, 5) is 21.1. The number of nitrogens with zero attached hydrogens (tertiary/aromatic N) is 3. The SMILES string of the molecule is Cc1cc2[nH]c(=O)c(-[n+]3ccccc3)c(-c3ccc(F)c4[nH]ncc34)c2nc1C#CC(C)(C)O.[Cl-]. The lowest BCUT2D eigenvalue weighted by Gasteiger charge is -2.12. The van der Waals surface area contributed by atoms with Crippen molar-refractivity contribution in [2.75, 3.05) is 0 Å². The van der Waals surface area contributed by atoms with E-state index in [2.05, 4.69) is 27.0 Å². The largest absolute Gasteiger partial charge is 1.00 e. The van der Waals surface area contributed by atoms with Gasteiger partial charge in [0.05, 0.1) is 17.3 Å². The number of aromatic amines is 2. The van der Waals surface area contributed by atoms with Crippen molar-refractivity contribution in [1.82, 2.24) is 20.2 Å².